The van der Waals surface area contributed by atoms with Gasteiger partial charge in [-0.2, -0.15) is 5.10 Å². The lowest BCUT2D eigenvalue weighted by Crippen LogP contribution is -2.17. The summed E-state index contributed by atoms with van der Waals surface area (Å²) >= 11 is 0. The number of rotatable bonds is 3. The van der Waals surface area contributed by atoms with Crippen molar-refractivity contribution in [1.29, 1.82) is 0 Å². The second-order valence-electron chi connectivity index (χ2n) is 5.05. The number of phenols is 1. The number of aromatic hydroxyl groups is 1. The fraction of sp³-hybridized carbons (Fsp3) is 0.0526. The maximum absolute atomic E-state index is 11.9. The van der Waals surface area contributed by atoms with Gasteiger partial charge in [0, 0.05) is 29.3 Å². The standard InChI is InChI=1S/C18H15N3O2.CH4O/c19-15-6-3-5-13(10-15)18(23)21-20-11-14-9-8-12-4-1-2-7-16(12)17(14)22;1-2/h1-11,22H,19H2,(H,21,23);2H,1H3/b20-11+;. The molecule has 3 aromatic rings. The highest BCUT2D eigenvalue weighted by molar-refractivity contribution is 5.98. The fourth-order valence-electron chi connectivity index (χ4n) is 2.28. The Morgan fingerprint density at radius 1 is 1.08 bits per heavy atom. The number of carbonyl (C=O) groups is 1. The van der Waals surface area contributed by atoms with Gasteiger partial charge in [-0.05, 0) is 29.7 Å². The molecule has 0 aliphatic heterocycles. The van der Waals surface area contributed by atoms with E-state index in [1.807, 2.05) is 30.3 Å². The first-order chi connectivity index (χ1) is 12.1. The Morgan fingerprint density at radius 3 is 2.60 bits per heavy atom. The number of hydrogen-bond acceptors (Lipinski definition) is 5. The molecule has 3 aromatic carbocycles. The molecule has 3 rings (SSSR count). The molecule has 0 aromatic heterocycles. The van der Waals surface area contributed by atoms with Crippen LogP contribution in [0.15, 0.2) is 65.8 Å². The zero-order chi connectivity index (χ0) is 18.2. The van der Waals surface area contributed by atoms with Crippen LogP contribution in [0.2, 0.25) is 0 Å². The third-order valence-corrected chi connectivity index (χ3v) is 3.45. The summed E-state index contributed by atoms with van der Waals surface area (Å²) in [6.45, 7) is 0. The molecule has 0 spiro atoms. The van der Waals surface area contributed by atoms with Crippen LogP contribution in [0.3, 0.4) is 0 Å². The van der Waals surface area contributed by atoms with Gasteiger partial charge in [0.25, 0.3) is 5.91 Å². The smallest absolute Gasteiger partial charge is 0.271 e. The fourth-order valence-corrected chi connectivity index (χ4v) is 2.28. The van der Waals surface area contributed by atoms with E-state index < -0.39 is 0 Å². The van der Waals surface area contributed by atoms with Crippen LogP contribution in [0.4, 0.5) is 5.69 Å². The van der Waals surface area contributed by atoms with Gasteiger partial charge >= 0.3 is 0 Å². The van der Waals surface area contributed by atoms with Crippen molar-refractivity contribution in [2.24, 2.45) is 5.10 Å². The number of amides is 1. The molecule has 0 heterocycles. The number of aliphatic hydroxyl groups is 1. The zero-order valence-electron chi connectivity index (χ0n) is 13.7. The van der Waals surface area contributed by atoms with E-state index in [1.165, 1.54) is 6.21 Å². The molecule has 0 aliphatic rings. The highest BCUT2D eigenvalue weighted by Crippen LogP contribution is 2.27. The number of hydrogen-bond donors (Lipinski definition) is 4. The molecule has 0 unspecified atom stereocenters. The molecule has 0 fully saturated rings. The largest absolute Gasteiger partial charge is 0.507 e. The number of nitrogens with one attached hydrogen (secondary N) is 1. The minimum absolute atomic E-state index is 0.130. The number of nitrogens with zero attached hydrogens (tertiary/aromatic N) is 1. The molecule has 0 atom stereocenters. The highest BCUT2D eigenvalue weighted by Gasteiger charge is 2.06. The quantitative estimate of drug-likeness (QED) is 0.334. The molecule has 1 amide bonds. The van der Waals surface area contributed by atoms with Crippen LogP contribution in [-0.2, 0) is 0 Å². The van der Waals surface area contributed by atoms with Crippen molar-refractivity contribution in [3.8, 4) is 5.75 Å². The van der Waals surface area contributed by atoms with Crippen molar-refractivity contribution in [3.63, 3.8) is 0 Å². The Kier molecular flexibility index (Phi) is 6.08. The number of nitrogen functional groups attached to an aromatic ring is 1. The van der Waals surface area contributed by atoms with Gasteiger partial charge in [-0.15, -0.1) is 0 Å². The van der Waals surface area contributed by atoms with Crippen LogP contribution >= 0.6 is 0 Å². The number of hydrazone groups is 1. The topological polar surface area (TPSA) is 108 Å². The van der Waals surface area contributed by atoms with Gasteiger partial charge in [0.1, 0.15) is 5.75 Å². The lowest BCUT2D eigenvalue weighted by Gasteiger charge is -2.04. The summed E-state index contributed by atoms with van der Waals surface area (Å²) in [6.07, 6.45) is 1.41. The summed E-state index contributed by atoms with van der Waals surface area (Å²) in [4.78, 5) is 11.9. The number of phenolic OH excluding ortho intramolecular Hbond substituents is 1. The van der Waals surface area contributed by atoms with Gasteiger partial charge in [0.2, 0.25) is 0 Å². The van der Waals surface area contributed by atoms with E-state index in [-0.39, 0.29) is 11.7 Å². The second-order valence-corrected chi connectivity index (χ2v) is 5.05. The first kappa shape index (κ1) is 18.0. The van der Waals surface area contributed by atoms with Crippen LogP contribution < -0.4 is 11.2 Å². The summed E-state index contributed by atoms with van der Waals surface area (Å²) in [5.41, 5.74) is 9.51. The van der Waals surface area contributed by atoms with Crippen molar-refractivity contribution in [2.45, 2.75) is 0 Å². The van der Waals surface area contributed by atoms with E-state index in [9.17, 15) is 9.90 Å². The number of anilines is 1. The predicted molar refractivity (Wildman–Crippen MR) is 99.7 cm³/mol. The number of carbonyl (C=O) groups excluding carboxylic acids is 1. The summed E-state index contributed by atoms with van der Waals surface area (Å²) in [6, 6.07) is 17.7. The summed E-state index contributed by atoms with van der Waals surface area (Å²) in [7, 11) is 1.00. The van der Waals surface area contributed by atoms with Gasteiger partial charge in [0.15, 0.2) is 0 Å². The molecular weight excluding hydrogens is 318 g/mol. The SMILES string of the molecule is CO.Nc1cccc(C(=O)N/N=C/c2ccc3ccccc3c2O)c1. The number of aliphatic hydroxyl groups excluding tert-OH is 1. The van der Waals surface area contributed by atoms with Gasteiger partial charge in [0.05, 0.1) is 6.21 Å². The van der Waals surface area contributed by atoms with E-state index >= 15 is 0 Å². The molecule has 6 heteroatoms. The summed E-state index contributed by atoms with van der Waals surface area (Å²) in [5.74, 6) is -0.237. The van der Waals surface area contributed by atoms with E-state index in [0.29, 0.717) is 16.8 Å². The maximum Gasteiger partial charge on any atom is 0.271 e. The van der Waals surface area contributed by atoms with Crippen LogP contribution in [-0.4, -0.2) is 29.4 Å². The molecule has 0 saturated heterocycles. The first-order valence-corrected chi connectivity index (χ1v) is 7.49. The van der Waals surface area contributed by atoms with Crippen LogP contribution in [0.25, 0.3) is 10.8 Å². The van der Waals surface area contributed by atoms with Crippen LogP contribution in [0, 0.1) is 0 Å². The third kappa shape index (κ3) is 4.33. The predicted octanol–water partition coefficient (Wildman–Crippen LogP) is 2.50. The summed E-state index contributed by atoms with van der Waals surface area (Å²) in [5, 5.41) is 22.8. The molecule has 6 nitrogen and oxygen atoms in total. The van der Waals surface area contributed by atoms with Crippen molar-refractivity contribution in [1.82, 2.24) is 5.43 Å². The monoisotopic (exact) mass is 337 g/mol. The van der Waals surface area contributed by atoms with Crippen molar-refractivity contribution < 1.29 is 15.0 Å². The molecule has 5 N–H and O–H groups in total. The highest BCUT2D eigenvalue weighted by atomic mass is 16.3. The number of benzene rings is 3. The number of nitrogens with two attached hydrogens (primary N) is 1. The lowest BCUT2D eigenvalue weighted by molar-refractivity contribution is 0.0955. The van der Waals surface area contributed by atoms with Gasteiger partial charge in [-0.25, -0.2) is 5.43 Å². The molecule has 0 saturated carbocycles. The number of fused-ring (bicyclic) bond motifs is 1. The summed E-state index contributed by atoms with van der Waals surface area (Å²) < 4.78 is 0. The van der Waals surface area contributed by atoms with Gasteiger partial charge in [-0.1, -0.05) is 36.4 Å². The second kappa shape index (κ2) is 8.47. The van der Waals surface area contributed by atoms with Crippen molar-refractivity contribution >= 4 is 28.6 Å². The Hall–Kier alpha value is -3.38. The maximum atomic E-state index is 11.9. The minimum atomic E-state index is -0.367. The Bertz CT molecular complexity index is 907. The zero-order valence-corrected chi connectivity index (χ0v) is 13.7. The first-order valence-electron chi connectivity index (χ1n) is 7.49. The third-order valence-electron chi connectivity index (χ3n) is 3.45. The Labute approximate surface area is 145 Å². The van der Waals surface area contributed by atoms with Gasteiger partial charge in [-0.3, -0.25) is 4.79 Å². The average Bonchev–Trinajstić information content (AvgIpc) is 2.65. The van der Waals surface area contributed by atoms with Crippen molar-refractivity contribution in [3.05, 3.63) is 71.8 Å². The Morgan fingerprint density at radius 2 is 1.84 bits per heavy atom. The molecule has 128 valence electrons. The molecule has 0 aliphatic carbocycles. The van der Waals surface area contributed by atoms with E-state index in [2.05, 4.69) is 10.5 Å². The molecular formula is C19H19N3O3. The van der Waals surface area contributed by atoms with Gasteiger partial charge < -0.3 is 15.9 Å². The lowest BCUT2D eigenvalue weighted by atomic mass is 10.1. The Balaban J connectivity index is 0.00000109. The van der Waals surface area contributed by atoms with Crippen LogP contribution in [0.5, 0.6) is 5.75 Å². The van der Waals surface area contributed by atoms with E-state index in [1.54, 1.807) is 30.3 Å². The molecule has 0 radical (unpaired) electrons. The molecule has 0 bridgehead atoms. The molecule has 25 heavy (non-hydrogen) atoms. The normalized spacial score (nSPS) is 10.3. The van der Waals surface area contributed by atoms with E-state index in [4.69, 9.17) is 10.8 Å². The van der Waals surface area contributed by atoms with Crippen molar-refractivity contribution in [2.75, 3.05) is 12.8 Å². The van der Waals surface area contributed by atoms with Crippen LogP contribution in [0.1, 0.15) is 15.9 Å². The minimum Gasteiger partial charge on any atom is -0.507 e. The average molecular weight is 337 g/mol. The van der Waals surface area contributed by atoms with E-state index in [0.717, 1.165) is 17.9 Å².